The molecule has 1 aliphatic heterocycles. The van der Waals surface area contributed by atoms with Crippen LogP contribution in [0.25, 0.3) is 10.8 Å². The van der Waals surface area contributed by atoms with Crippen LogP contribution in [0.5, 0.6) is 11.6 Å². The van der Waals surface area contributed by atoms with Crippen molar-refractivity contribution in [3.8, 4) is 23.5 Å². The molecule has 4 rings (SSSR count). The zero-order valence-electron chi connectivity index (χ0n) is 15.3. The fourth-order valence-electron chi connectivity index (χ4n) is 3.15. The summed E-state index contributed by atoms with van der Waals surface area (Å²) in [6, 6.07) is 8.93. The number of aromatic nitrogens is 2. The molecule has 0 unspecified atom stereocenters. The maximum Gasteiger partial charge on any atom is 0.323 e. The third kappa shape index (κ3) is 3.27. The SMILES string of the molecule is COc1ccc2cn(C[C@@]3(C#Cc4cccc(=O)[nH]4)NC(=O)NC3=O)c(O)c2c1. The number of urea groups is 1. The van der Waals surface area contributed by atoms with E-state index in [9.17, 15) is 19.5 Å². The van der Waals surface area contributed by atoms with Crippen molar-refractivity contribution >= 4 is 22.7 Å². The second-order valence-corrected chi connectivity index (χ2v) is 6.53. The van der Waals surface area contributed by atoms with E-state index >= 15 is 0 Å². The number of nitrogens with zero attached hydrogens (tertiary/aromatic N) is 1. The topological polar surface area (TPSA) is 125 Å². The quantitative estimate of drug-likeness (QED) is 0.385. The molecule has 29 heavy (non-hydrogen) atoms. The Bertz CT molecular complexity index is 1260. The Labute approximate surface area is 164 Å². The van der Waals surface area contributed by atoms with Crippen molar-refractivity contribution in [3.63, 3.8) is 0 Å². The number of hydrogen-bond donors (Lipinski definition) is 4. The number of aromatic hydroxyl groups is 1. The van der Waals surface area contributed by atoms with Gasteiger partial charge in [0.2, 0.25) is 11.1 Å². The van der Waals surface area contributed by atoms with Crippen molar-refractivity contribution in [1.29, 1.82) is 0 Å². The number of carbonyl (C=O) groups is 2. The molecule has 0 saturated carbocycles. The first-order chi connectivity index (χ1) is 13.9. The van der Waals surface area contributed by atoms with Crippen LogP contribution in [-0.4, -0.2) is 39.2 Å². The van der Waals surface area contributed by atoms with Gasteiger partial charge < -0.3 is 24.7 Å². The fraction of sp³-hybridized carbons (Fsp3) is 0.150. The summed E-state index contributed by atoms with van der Waals surface area (Å²) < 4.78 is 6.60. The number of rotatable bonds is 3. The van der Waals surface area contributed by atoms with Crippen LogP contribution in [-0.2, 0) is 11.3 Å². The number of H-pyrrole nitrogens is 1. The van der Waals surface area contributed by atoms with Crippen molar-refractivity contribution in [2.45, 2.75) is 12.1 Å². The Hall–Kier alpha value is -4.19. The highest BCUT2D eigenvalue weighted by molar-refractivity contribution is 6.09. The van der Waals surface area contributed by atoms with Crippen LogP contribution in [0.15, 0.2) is 47.4 Å². The second kappa shape index (κ2) is 6.76. The van der Waals surface area contributed by atoms with Crippen LogP contribution in [0.4, 0.5) is 4.79 Å². The van der Waals surface area contributed by atoms with Gasteiger partial charge in [-0.2, -0.15) is 0 Å². The first kappa shape index (κ1) is 18.2. The summed E-state index contributed by atoms with van der Waals surface area (Å²) in [5.41, 5.74) is -1.67. The number of aromatic amines is 1. The molecular formula is C20H16N4O5. The van der Waals surface area contributed by atoms with E-state index in [2.05, 4.69) is 27.5 Å². The van der Waals surface area contributed by atoms with Crippen molar-refractivity contribution < 1.29 is 19.4 Å². The first-order valence-corrected chi connectivity index (χ1v) is 8.62. The Balaban J connectivity index is 1.77. The molecule has 9 heteroatoms. The lowest BCUT2D eigenvalue weighted by Gasteiger charge is -2.20. The van der Waals surface area contributed by atoms with Gasteiger partial charge >= 0.3 is 6.03 Å². The van der Waals surface area contributed by atoms with E-state index in [1.807, 2.05) is 0 Å². The molecule has 0 aliphatic carbocycles. The average molecular weight is 392 g/mol. The van der Waals surface area contributed by atoms with Gasteiger partial charge in [0, 0.05) is 23.0 Å². The van der Waals surface area contributed by atoms with Gasteiger partial charge in [0.15, 0.2) is 5.88 Å². The zero-order valence-corrected chi connectivity index (χ0v) is 15.3. The predicted octanol–water partition coefficient (Wildman–Crippen LogP) is 0.674. The number of hydrogen-bond acceptors (Lipinski definition) is 5. The number of methoxy groups -OCH3 is 1. The Morgan fingerprint density at radius 3 is 2.72 bits per heavy atom. The molecule has 0 spiro atoms. The molecule has 1 saturated heterocycles. The number of benzene rings is 1. The van der Waals surface area contributed by atoms with Crippen molar-refractivity contribution in [3.05, 3.63) is 58.6 Å². The largest absolute Gasteiger partial charge is 0.497 e. The smallest absolute Gasteiger partial charge is 0.323 e. The maximum absolute atomic E-state index is 12.5. The number of fused-ring (bicyclic) bond motifs is 1. The molecule has 3 heterocycles. The zero-order chi connectivity index (χ0) is 20.6. The summed E-state index contributed by atoms with van der Waals surface area (Å²) in [6.45, 7) is -0.141. The number of ether oxygens (including phenoxy) is 1. The normalized spacial score (nSPS) is 18.1. The lowest BCUT2D eigenvalue weighted by atomic mass is 10.0. The van der Waals surface area contributed by atoms with E-state index in [1.54, 1.807) is 30.5 Å². The van der Waals surface area contributed by atoms with Crippen LogP contribution in [0.1, 0.15) is 5.69 Å². The maximum atomic E-state index is 12.5. The van der Waals surface area contributed by atoms with Crippen LogP contribution < -0.4 is 20.9 Å². The lowest BCUT2D eigenvalue weighted by molar-refractivity contribution is -0.122. The highest BCUT2D eigenvalue weighted by Gasteiger charge is 2.46. The number of carbonyl (C=O) groups excluding carboxylic acids is 2. The number of amides is 3. The van der Waals surface area contributed by atoms with E-state index in [0.717, 1.165) is 5.39 Å². The van der Waals surface area contributed by atoms with Gasteiger partial charge in [-0.05, 0) is 30.2 Å². The molecular weight excluding hydrogens is 376 g/mol. The summed E-state index contributed by atoms with van der Waals surface area (Å²) in [7, 11) is 1.52. The minimum atomic E-state index is -1.62. The van der Waals surface area contributed by atoms with Gasteiger partial charge in [-0.3, -0.25) is 14.9 Å². The first-order valence-electron chi connectivity index (χ1n) is 8.62. The van der Waals surface area contributed by atoms with Crippen molar-refractivity contribution in [2.75, 3.05) is 7.11 Å². The monoisotopic (exact) mass is 392 g/mol. The number of pyridine rings is 1. The van der Waals surface area contributed by atoms with Crippen LogP contribution in [0, 0.1) is 11.8 Å². The van der Waals surface area contributed by atoms with E-state index in [-0.39, 0.29) is 23.7 Å². The van der Waals surface area contributed by atoms with Gasteiger partial charge in [-0.25, -0.2) is 4.79 Å². The van der Waals surface area contributed by atoms with Gasteiger partial charge in [0.05, 0.1) is 19.3 Å². The molecule has 3 amide bonds. The highest BCUT2D eigenvalue weighted by Crippen LogP contribution is 2.31. The third-order valence-electron chi connectivity index (χ3n) is 4.60. The Morgan fingerprint density at radius 2 is 2.03 bits per heavy atom. The second-order valence-electron chi connectivity index (χ2n) is 6.53. The standard InChI is InChI=1S/C20H16N4O5/c1-29-14-6-5-12-10-24(17(26)15(12)9-14)11-20(18(27)22-19(28)23-20)8-7-13-3-2-4-16(25)21-13/h2-6,9-10,26H,11H2,1H3,(H,21,25)(H2,22,23,27,28)/t20-/m1/s1. The lowest BCUT2D eigenvalue weighted by Crippen LogP contribution is -2.49. The number of nitrogens with one attached hydrogen (secondary N) is 3. The summed E-state index contributed by atoms with van der Waals surface area (Å²) in [5, 5.41) is 16.6. The molecule has 9 nitrogen and oxygen atoms in total. The van der Waals surface area contributed by atoms with E-state index in [4.69, 9.17) is 4.74 Å². The van der Waals surface area contributed by atoms with E-state index < -0.39 is 17.5 Å². The van der Waals surface area contributed by atoms with Gasteiger partial charge in [-0.15, -0.1) is 0 Å². The van der Waals surface area contributed by atoms with E-state index in [1.165, 1.54) is 23.8 Å². The van der Waals surface area contributed by atoms with Gasteiger partial charge in [0.25, 0.3) is 5.91 Å². The van der Waals surface area contributed by atoms with Crippen LogP contribution >= 0.6 is 0 Å². The molecule has 0 bridgehead atoms. The molecule has 0 radical (unpaired) electrons. The van der Waals surface area contributed by atoms with E-state index in [0.29, 0.717) is 11.1 Å². The third-order valence-corrected chi connectivity index (χ3v) is 4.60. The molecule has 1 fully saturated rings. The summed E-state index contributed by atoms with van der Waals surface area (Å²) in [6.07, 6.45) is 1.65. The van der Waals surface area contributed by atoms with Crippen LogP contribution in [0.2, 0.25) is 0 Å². The highest BCUT2D eigenvalue weighted by atomic mass is 16.5. The average Bonchev–Trinajstić information content (AvgIpc) is 3.15. The molecule has 1 atom stereocenters. The molecule has 2 aromatic heterocycles. The Morgan fingerprint density at radius 1 is 1.21 bits per heavy atom. The molecule has 146 valence electrons. The summed E-state index contributed by atoms with van der Waals surface area (Å²) in [5.74, 6) is 5.28. The minimum Gasteiger partial charge on any atom is -0.497 e. The summed E-state index contributed by atoms with van der Waals surface area (Å²) in [4.78, 5) is 38.3. The number of imide groups is 1. The van der Waals surface area contributed by atoms with Crippen molar-refractivity contribution in [2.24, 2.45) is 0 Å². The summed E-state index contributed by atoms with van der Waals surface area (Å²) >= 11 is 0. The molecule has 4 N–H and O–H groups in total. The van der Waals surface area contributed by atoms with Crippen LogP contribution in [0.3, 0.4) is 0 Å². The minimum absolute atomic E-state index is 0.0952. The molecule has 3 aromatic rings. The predicted molar refractivity (Wildman–Crippen MR) is 104 cm³/mol. The fourth-order valence-corrected chi connectivity index (χ4v) is 3.15. The molecule has 1 aromatic carbocycles. The van der Waals surface area contributed by atoms with Crippen molar-refractivity contribution in [1.82, 2.24) is 20.2 Å². The Kier molecular flexibility index (Phi) is 4.24. The van der Waals surface area contributed by atoms with Gasteiger partial charge in [-0.1, -0.05) is 12.0 Å². The molecule has 1 aliphatic rings. The van der Waals surface area contributed by atoms with Gasteiger partial charge in [0.1, 0.15) is 5.75 Å².